The molecule has 1 aliphatic rings. The molecule has 0 atom stereocenters. The zero-order valence-corrected chi connectivity index (χ0v) is 9.70. The highest BCUT2D eigenvalue weighted by molar-refractivity contribution is 6.10. The maximum atomic E-state index is 11.8. The van der Waals surface area contributed by atoms with Gasteiger partial charge >= 0.3 is 0 Å². The first-order valence-corrected chi connectivity index (χ1v) is 5.25. The molecule has 0 aromatic heterocycles. The van der Waals surface area contributed by atoms with Crippen molar-refractivity contribution in [1.82, 2.24) is 10.2 Å². The quantitative estimate of drug-likeness (QED) is 0.417. The molecule has 2 N–H and O–H groups in total. The highest BCUT2D eigenvalue weighted by Gasteiger charge is 2.28. The number of amidine groups is 1. The molecule has 0 saturated heterocycles. The maximum Gasteiger partial charge on any atom is 0.260 e. The standard InChI is InChI=1S/C12H13N3O2/c1-14-11(13)7-3-4-9-8(5-7)6-10(16)15(2)12(9)17/h3-5H,6H2,1-2H3,(H2,13,14). The Hall–Kier alpha value is -2.17. The van der Waals surface area contributed by atoms with Crippen LogP contribution in [-0.2, 0) is 11.2 Å². The minimum Gasteiger partial charge on any atom is -0.373 e. The number of imide groups is 1. The van der Waals surface area contributed by atoms with Gasteiger partial charge in [0.1, 0.15) is 5.84 Å². The molecule has 17 heavy (non-hydrogen) atoms. The Bertz CT molecular complexity index is 522. The van der Waals surface area contributed by atoms with Crippen molar-refractivity contribution in [2.45, 2.75) is 6.42 Å². The molecule has 0 spiro atoms. The van der Waals surface area contributed by atoms with Crippen molar-refractivity contribution in [2.24, 2.45) is 0 Å². The highest BCUT2D eigenvalue weighted by Crippen LogP contribution is 2.20. The topological polar surface area (TPSA) is 73.3 Å². The van der Waals surface area contributed by atoms with Gasteiger partial charge in [0.2, 0.25) is 5.91 Å². The number of benzene rings is 1. The molecule has 88 valence electrons. The molecule has 2 amide bonds. The predicted octanol–water partition coefficient (Wildman–Crippen LogP) is 0.386. The third kappa shape index (κ3) is 1.80. The van der Waals surface area contributed by atoms with E-state index < -0.39 is 0 Å². The van der Waals surface area contributed by atoms with E-state index in [0.717, 1.165) is 4.90 Å². The van der Waals surface area contributed by atoms with Gasteiger partial charge in [-0.15, -0.1) is 0 Å². The number of nitrogens with zero attached hydrogens (tertiary/aromatic N) is 1. The van der Waals surface area contributed by atoms with Crippen LogP contribution in [0.5, 0.6) is 0 Å². The van der Waals surface area contributed by atoms with E-state index in [0.29, 0.717) is 16.7 Å². The maximum absolute atomic E-state index is 11.8. The lowest BCUT2D eigenvalue weighted by Crippen LogP contribution is -2.39. The predicted molar refractivity (Wildman–Crippen MR) is 63.1 cm³/mol. The molecule has 0 unspecified atom stereocenters. The monoisotopic (exact) mass is 231 g/mol. The average molecular weight is 231 g/mol. The molecular weight excluding hydrogens is 218 g/mol. The van der Waals surface area contributed by atoms with Gasteiger partial charge in [-0.2, -0.15) is 0 Å². The van der Waals surface area contributed by atoms with Crippen LogP contribution in [0.3, 0.4) is 0 Å². The lowest BCUT2D eigenvalue weighted by atomic mass is 9.96. The first kappa shape index (κ1) is 11.3. The highest BCUT2D eigenvalue weighted by atomic mass is 16.2. The van der Waals surface area contributed by atoms with Crippen molar-refractivity contribution in [3.8, 4) is 0 Å². The van der Waals surface area contributed by atoms with Crippen LogP contribution in [0.4, 0.5) is 0 Å². The molecule has 2 rings (SSSR count). The summed E-state index contributed by atoms with van der Waals surface area (Å²) in [6, 6.07) is 5.10. The number of carbonyl (C=O) groups is 2. The summed E-state index contributed by atoms with van der Waals surface area (Å²) in [5, 5.41) is 10.4. The first-order valence-electron chi connectivity index (χ1n) is 5.25. The van der Waals surface area contributed by atoms with E-state index >= 15 is 0 Å². The van der Waals surface area contributed by atoms with Crippen molar-refractivity contribution in [3.05, 3.63) is 34.9 Å². The fourth-order valence-corrected chi connectivity index (χ4v) is 1.82. The smallest absolute Gasteiger partial charge is 0.260 e. The minimum atomic E-state index is -0.279. The Morgan fingerprint density at radius 1 is 1.41 bits per heavy atom. The largest absolute Gasteiger partial charge is 0.373 e. The fraction of sp³-hybridized carbons (Fsp3) is 0.250. The van der Waals surface area contributed by atoms with Gasteiger partial charge in [-0.05, 0) is 17.7 Å². The van der Waals surface area contributed by atoms with Crippen molar-refractivity contribution < 1.29 is 9.59 Å². The molecule has 0 aliphatic carbocycles. The fourth-order valence-electron chi connectivity index (χ4n) is 1.82. The zero-order chi connectivity index (χ0) is 12.6. The van der Waals surface area contributed by atoms with Gasteiger partial charge in [-0.3, -0.25) is 19.9 Å². The van der Waals surface area contributed by atoms with E-state index in [2.05, 4.69) is 5.32 Å². The molecule has 1 aromatic rings. The number of nitrogens with one attached hydrogen (secondary N) is 2. The second-order valence-corrected chi connectivity index (χ2v) is 3.93. The summed E-state index contributed by atoms with van der Waals surface area (Å²) in [5.74, 6) is -0.221. The van der Waals surface area contributed by atoms with Crippen LogP contribution in [0.25, 0.3) is 0 Å². The summed E-state index contributed by atoms with van der Waals surface area (Å²) in [6.45, 7) is 0. The third-order valence-electron chi connectivity index (χ3n) is 2.89. The van der Waals surface area contributed by atoms with Crippen molar-refractivity contribution in [1.29, 1.82) is 5.41 Å². The molecule has 5 nitrogen and oxygen atoms in total. The van der Waals surface area contributed by atoms with Gasteiger partial charge in [0.05, 0.1) is 6.42 Å². The third-order valence-corrected chi connectivity index (χ3v) is 2.89. The number of amides is 2. The van der Waals surface area contributed by atoms with Crippen LogP contribution in [-0.4, -0.2) is 36.6 Å². The summed E-state index contributed by atoms with van der Waals surface area (Å²) >= 11 is 0. The van der Waals surface area contributed by atoms with Gasteiger partial charge in [0, 0.05) is 25.2 Å². The number of carbonyl (C=O) groups excluding carboxylic acids is 2. The summed E-state index contributed by atoms with van der Waals surface area (Å²) in [7, 11) is 3.14. The van der Waals surface area contributed by atoms with Crippen molar-refractivity contribution in [2.75, 3.05) is 14.1 Å². The molecule has 1 aliphatic heterocycles. The van der Waals surface area contributed by atoms with E-state index in [1.165, 1.54) is 7.05 Å². The van der Waals surface area contributed by atoms with E-state index in [1.54, 1.807) is 25.2 Å². The Morgan fingerprint density at radius 2 is 2.12 bits per heavy atom. The molecule has 1 aromatic carbocycles. The SMILES string of the molecule is CNC(=N)c1ccc2c(c1)CC(=O)N(C)C2=O. The van der Waals surface area contributed by atoms with Crippen LogP contribution in [0.15, 0.2) is 18.2 Å². The van der Waals surface area contributed by atoms with Gasteiger partial charge in [0.25, 0.3) is 5.91 Å². The summed E-state index contributed by atoms with van der Waals surface area (Å²) in [6.07, 6.45) is 0.211. The average Bonchev–Trinajstić information content (AvgIpc) is 2.34. The van der Waals surface area contributed by atoms with E-state index in [1.807, 2.05) is 0 Å². The Morgan fingerprint density at radius 3 is 2.76 bits per heavy atom. The molecular formula is C12H13N3O2. The number of rotatable bonds is 1. The zero-order valence-electron chi connectivity index (χ0n) is 9.70. The number of fused-ring (bicyclic) bond motifs is 1. The Labute approximate surface area is 98.9 Å². The van der Waals surface area contributed by atoms with E-state index in [9.17, 15) is 9.59 Å². The van der Waals surface area contributed by atoms with Crippen LogP contribution < -0.4 is 5.32 Å². The van der Waals surface area contributed by atoms with Crippen molar-refractivity contribution in [3.63, 3.8) is 0 Å². The number of hydrogen-bond acceptors (Lipinski definition) is 3. The molecule has 0 saturated carbocycles. The lowest BCUT2D eigenvalue weighted by Gasteiger charge is -2.23. The summed E-state index contributed by atoms with van der Waals surface area (Å²) in [5.41, 5.74) is 1.91. The minimum absolute atomic E-state index is 0.211. The van der Waals surface area contributed by atoms with Gasteiger partial charge in [-0.1, -0.05) is 6.07 Å². The van der Waals surface area contributed by atoms with Crippen LogP contribution in [0, 0.1) is 5.41 Å². The number of likely N-dealkylation sites (N-methyl/N-ethyl adjacent to an activating group) is 1. The Balaban J connectivity index is 2.47. The molecule has 0 radical (unpaired) electrons. The van der Waals surface area contributed by atoms with Gasteiger partial charge in [-0.25, -0.2) is 0 Å². The lowest BCUT2D eigenvalue weighted by molar-refractivity contribution is -0.127. The van der Waals surface area contributed by atoms with E-state index in [-0.39, 0.29) is 24.1 Å². The molecule has 1 heterocycles. The number of hydrogen-bond donors (Lipinski definition) is 2. The molecule has 0 bridgehead atoms. The summed E-state index contributed by atoms with van der Waals surface area (Å²) in [4.78, 5) is 24.5. The van der Waals surface area contributed by atoms with Crippen molar-refractivity contribution >= 4 is 17.6 Å². The first-order chi connectivity index (χ1) is 8.04. The molecule has 5 heteroatoms. The van der Waals surface area contributed by atoms with Crippen LogP contribution in [0.1, 0.15) is 21.5 Å². The van der Waals surface area contributed by atoms with Crippen LogP contribution in [0.2, 0.25) is 0 Å². The van der Waals surface area contributed by atoms with E-state index in [4.69, 9.17) is 5.41 Å². The second kappa shape index (κ2) is 4.01. The summed E-state index contributed by atoms with van der Waals surface area (Å²) < 4.78 is 0. The van der Waals surface area contributed by atoms with Crippen LogP contribution >= 0.6 is 0 Å². The second-order valence-electron chi connectivity index (χ2n) is 3.93. The normalized spacial score (nSPS) is 14.6. The van der Waals surface area contributed by atoms with Gasteiger partial charge in [0.15, 0.2) is 0 Å². The Kier molecular flexibility index (Phi) is 2.67. The van der Waals surface area contributed by atoms with Gasteiger partial charge < -0.3 is 5.32 Å². The molecule has 0 fully saturated rings.